The lowest BCUT2D eigenvalue weighted by Crippen LogP contribution is -2.51. The fourth-order valence-corrected chi connectivity index (χ4v) is 4.02. The maximum Gasteiger partial charge on any atom is 0.253 e. The first-order valence-electron chi connectivity index (χ1n) is 8.73. The monoisotopic (exact) mass is 330 g/mol. The topological polar surface area (TPSA) is 49.9 Å². The zero-order chi connectivity index (χ0) is 17.1. The standard InChI is InChI=1S/C19H26N2O3/c1-20-17-9-10-21(12-16(17)7-4-8-18(20)22)19(23)15-6-3-5-14(11-15)13-24-2/h3,5-6,11,16-17H,4,7-10,12-13H2,1-2H3/t16-,17+/m0/s1. The Kier molecular flexibility index (Phi) is 5.19. The van der Waals surface area contributed by atoms with E-state index in [9.17, 15) is 9.59 Å². The van der Waals surface area contributed by atoms with E-state index in [4.69, 9.17) is 4.74 Å². The minimum atomic E-state index is 0.0876. The van der Waals surface area contributed by atoms with Crippen molar-refractivity contribution in [3.05, 3.63) is 35.4 Å². The van der Waals surface area contributed by atoms with Crippen molar-refractivity contribution in [3.8, 4) is 0 Å². The molecule has 0 aliphatic carbocycles. The van der Waals surface area contributed by atoms with Crippen LogP contribution in [0.4, 0.5) is 0 Å². The molecule has 0 aromatic heterocycles. The van der Waals surface area contributed by atoms with Crippen LogP contribution in [0.3, 0.4) is 0 Å². The number of nitrogens with zero attached hydrogens (tertiary/aromatic N) is 2. The fraction of sp³-hybridized carbons (Fsp3) is 0.579. The normalized spacial score (nSPS) is 24.5. The van der Waals surface area contributed by atoms with Crippen LogP contribution in [0.5, 0.6) is 0 Å². The number of rotatable bonds is 3. The van der Waals surface area contributed by atoms with Crippen LogP contribution < -0.4 is 0 Å². The van der Waals surface area contributed by atoms with Crippen molar-refractivity contribution >= 4 is 11.8 Å². The van der Waals surface area contributed by atoms with Crippen LogP contribution in [0.1, 0.15) is 41.6 Å². The van der Waals surface area contributed by atoms with Gasteiger partial charge in [0.15, 0.2) is 0 Å². The Labute approximate surface area is 143 Å². The summed E-state index contributed by atoms with van der Waals surface area (Å²) in [5.41, 5.74) is 1.74. The van der Waals surface area contributed by atoms with E-state index in [2.05, 4.69) is 0 Å². The lowest BCUT2D eigenvalue weighted by atomic mass is 9.88. The van der Waals surface area contributed by atoms with Gasteiger partial charge in [0.05, 0.1) is 6.61 Å². The van der Waals surface area contributed by atoms with Gasteiger partial charge in [0.2, 0.25) is 5.91 Å². The number of fused-ring (bicyclic) bond motifs is 1. The Balaban J connectivity index is 1.71. The number of likely N-dealkylation sites (tertiary alicyclic amines) is 2. The number of amides is 2. The van der Waals surface area contributed by atoms with Crippen molar-refractivity contribution in [1.29, 1.82) is 0 Å². The number of piperidine rings is 1. The number of ether oxygens (including phenoxy) is 1. The SMILES string of the molecule is COCc1cccc(C(=O)N2CC[C@@H]3[C@@H](CCCC(=O)N3C)C2)c1. The van der Waals surface area contributed by atoms with Gasteiger partial charge in [-0.05, 0) is 42.9 Å². The van der Waals surface area contributed by atoms with Gasteiger partial charge in [-0.1, -0.05) is 12.1 Å². The van der Waals surface area contributed by atoms with Gasteiger partial charge in [-0.15, -0.1) is 0 Å². The van der Waals surface area contributed by atoms with Crippen molar-refractivity contribution in [3.63, 3.8) is 0 Å². The molecule has 0 N–H and O–H groups in total. The first-order chi connectivity index (χ1) is 11.6. The maximum absolute atomic E-state index is 12.9. The highest BCUT2D eigenvalue weighted by Gasteiger charge is 2.37. The van der Waals surface area contributed by atoms with Gasteiger partial charge < -0.3 is 14.5 Å². The summed E-state index contributed by atoms with van der Waals surface area (Å²) in [5.74, 6) is 0.723. The lowest BCUT2D eigenvalue weighted by molar-refractivity contribution is -0.132. The van der Waals surface area contributed by atoms with Gasteiger partial charge >= 0.3 is 0 Å². The van der Waals surface area contributed by atoms with Crippen molar-refractivity contribution in [2.75, 3.05) is 27.2 Å². The Bertz CT molecular complexity index is 616. The van der Waals surface area contributed by atoms with E-state index in [0.717, 1.165) is 36.9 Å². The van der Waals surface area contributed by atoms with Gasteiger partial charge in [0.1, 0.15) is 0 Å². The van der Waals surface area contributed by atoms with E-state index in [0.29, 0.717) is 25.5 Å². The van der Waals surface area contributed by atoms with E-state index in [-0.39, 0.29) is 17.9 Å². The molecule has 0 saturated carbocycles. The molecule has 1 aromatic rings. The molecule has 3 rings (SSSR count). The van der Waals surface area contributed by atoms with Crippen LogP contribution in [-0.2, 0) is 16.1 Å². The van der Waals surface area contributed by atoms with Gasteiger partial charge in [-0.3, -0.25) is 9.59 Å². The summed E-state index contributed by atoms with van der Waals surface area (Å²) in [7, 11) is 3.57. The summed E-state index contributed by atoms with van der Waals surface area (Å²) >= 11 is 0. The van der Waals surface area contributed by atoms with Crippen molar-refractivity contribution in [1.82, 2.24) is 9.80 Å². The highest BCUT2D eigenvalue weighted by molar-refractivity contribution is 5.94. The van der Waals surface area contributed by atoms with Gasteiger partial charge in [0, 0.05) is 45.3 Å². The highest BCUT2D eigenvalue weighted by Crippen LogP contribution is 2.30. The molecule has 0 unspecified atom stereocenters. The molecule has 2 amide bonds. The van der Waals surface area contributed by atoms with Gasteiger partial charge in [-0.2, -0.15) is 0 Å². The van der Waals surface area contributed by atoms with Crippen molar-refractivity contribution in [2.45, 2.75) is 38.3 Å². The summed E-state index contributed by atoms with van der Waals surface area (Å²) in [6, 6.07) is 7.95. The van der Waals surface area contributed by atoms with E-state index < -0.39 is 0 Å². The Morgan fingerprint density at radius 1 is 1.33 bits per heavy atom. The van der Waals surface area contributed by atoms with Crippen molar-refractivity contribution < 1.29 is 14.3 Å². The third-order valence-electron chi connectivity index (χ3n) is 5.32. The molecule has 5 nitrogen and oxygen atoms in total. The van der Waals surface area contributed by atoms with Gasteiger partial charge in [-0.25, -0.2) is 0 Å². The summed E-state index contributed by atoms with van der Waals surface area (Å²) in [6.45, 7) is 1.97. The Morgan fingerprint density at radius 3 is 2.96 bits per heavy atom. The largest absolute Gasteiger partial charge is 0.380 e. The predicted molar refractivity (Wildman–Crippen MR) is 91.6 cm³/mol. The number of methoxy groups -OCH3 is 1. The highest BCUT2D eigenvalue weighted by atomic mass is 16.5. The molecule has 1 aromatic carbocycles. The molecule has 130 valence electrons. The minimum absolute atomic E-state index is 0.0876. The zero-order valence-corrected chi connectivity index (χ0v) is 14.5. The van der Waals surface area contributed by atoms with Crippen LogP contribution >= 0.6 is 0 Å². The molecular formula is C19H26N2O3. The minimum Gasteiger partial charge on any atom is -0.380 e. The van der Waals surface area contributed by atoms with Gasteiger partial charge in [0.25, 0.3) is 5.91 Å². The molecular weight excluding hydrogens is 304 g/mol. The lowest BCUT2D eigenvalue weighted by Gasteiger charge is -2.41. The second-order valence-corrected chi connectivity index (χ2v) is 6.90. The summed E-state index contributed by atoms with van der Waals surface area (Å²) in [6.07, 6.45) is 3.46. The molecule has 2 heterocycles. The van der Waals surface area contributed by atoms with Crippen LogP contribution in [-0.4, -0.2) is 54.9 Å². The molecule has 2 aliphatic heterocycles. The molecule has 0 spiro atoms. The fourth-order valence-electron chi connectivity index (χ4n) is 4.02. The Hall–Kier alpha value is -1.88. The predicted octanol–water partition coefficient (Wildman–Crippen LogP) is 2.31. The molecule has 2 atom stereocenters. The molecule has 2 saturated heterocycles. The van der Waals surface area contributed by atoms with E-state index in [1.165, 1.54) is 0 Å². The van der Waals surface area contributed by atoms with Crippen LogP contribution in [0, 0.1) is 5.92 Å². The number of benzene rings is 1. The summed E-state index contributed by atoms with van der Waals surface area (Å²) < 4.78 is 5.15. The second kappa shape index (κ2) is 7.34. The molecule has 24 heavy (non-hydrogen) atoms. The number of carbonyl (C=O) groups is 2. The third-order valence-corrected chi connectivity index (χ3v) is 5.32. The molecule has 0 radical (unpaired) electrons. The van der Waals surface area contributed by atoms with E-state index in [1.807, 2.05) is 41.1 Å². The summed E-state index contributed by atoms with van der Waals surface area (Å²) in [5, 5.41) is 0. The van der Waals surface area contributed by atoms with Crippen LogP contribution in [0.2, 0.25) is 0 Å². The number of hydrogen-bond donors (Lipinski definition) is 0. The van der Waals surface area contributed by atoms with Crippen LogP contribution in [0.15, 0.2) is 24.3 Å². The maximum atomic E-state index is 12.9. The van der Waals surface area contributed by atoms with Crippen LogP contribution in [0.25, 0.3) is 0 Å². The first-order valence-corrected chi connectivity index (χ1v) is 8.73. The molecule has 2 aliphatic rings. The zero-order valence-electron chi connectivity index (χ0n) is 14.5. The smallest absolute Gasteiger partial charge is 0.253 e. The second-order valence-electron chi connectivity index (χ2n) is 6.90. The number of carbonyl (C=O) groups excluding carboxylic acids is 2. The van der Waals surface area contributed by atoms with Crippen molar-refractivity contribution in [2.24, 2.45) is 5.92 Å². The third kappa shape index (κ3) is 3.46. The molecule has 2 fully saturated rings. The summed E-state index contributed by atoms with van der Waals surface area (Å²) in [4.78, 5) is 28.8. The van der Waals surface area contributed by atoms with E-state index in [1.54, 1.807) is 7.11 Å². The number of hydrogen-bond acceptors (Lipinski definition) is 3. The Morgan fingerprint density at radius 2 is 2.17 bits per heavy atom. The molecule has 5 heteroatoms. The first kappa shape index (κ1) is 17.0. The molecule has 0 bridgehead atoms. The average molecular weight is 330 g/mol. The quantitative estimate of drug-likeness (QED) is 0.854. The van der Waals surface area contributed by atoms with E-state index >= 15 is 0 Å². The average Bonchev–Trinajstić information content (AvgIpc) is 2.74.